The molecule has 1 unspecified atom stereocenters. The van der Waals surface area contributed by atoms with Crippen LogP contribution in [-0.2, 0) is 16.1 Å². The van der Waals surface area contributed by atoms with Gasteiger partial charge in [0.05, 0.1) is 26.2 Å². The van der Waals surface area contributed by atoms with Crippen molar-refractivity contribution >= 4 is 17.3 Å². The van der Waals surface area contributed by atoms with Crippen molar-refractivity contribution in [3.63, 3.8) is 0 Å². The number of anilines is 2. The Balaban J connectivity index is 1.23. The highest BCUT2D eigenvalue weighted by Crippen LogP contribution is 2.18. The molecule has 0 saturated carbocycles. The first-order valence-corrected chi connectivity index (χ1v) is 11.6. The van der Waals surface area contributed by atoms with Crippen LogP contribution in [0.2, 0.25) is 0 Å². The van der Waals surface area contributed by atoms with Crippen LogP contribution in [0.15, 0.2) is 54.6 Å². The summed E-state index contributed by atoms with van der Waals surface area (Å²) >= 11 is 0. The molecule has 2 saturated heterocycles. The van der Waals surface area contributed by atoms with E-state index >= 15 is 0 Å². The van der Waals surface area contributed by atoms with Crippen molar-refractivity contribution in [1.29, 1.82) is 0 Å². The van der Waals surface area contributed by atoms with E-state index in [-0.39, 0.29) is 18.1 Å². The third kappa shape index (κ3) is 6.29. The number of hydrogen-bond donors (Lipinski definition) is 3. The molecule has 2 fully saturated rings. The summed E-state index contributed by atoms with van der Waals surface area (Å²) in [4.78, 5) is 17.9. The van der Waals surface area contributed by atoms with Crippen LogP contribution >= 0.6 is 0 Å². The van der Waals surface area contributed by atoms with Crippen LogP contribution in [0.5, 0.6) is 0 Å². The number of ether oxygens (including phenoxy) is 1. The molecule has 0 aromatic heterocycles. The molecule has 6 nitrogen and oxygen atoms in total. The van der Waals surface area contributed by atoms with Crippen LogP contribution in [-0.4, -0.2) is 63.9 Å². The molecule has 166 valence electrons. The molecule has 31 heavy (non-hydrogen) atoms. The topological polar surface area (TPSA) is 50.5 Å². The minimum absolute atomic E-state index is 0.0715. The average Bonchev–Trinajstić information content (AvgIpc) is 2.75. The van der Waals surface area contributed by atoms with Gasteiger partial charge in [0.2, 0.25) is 0 Å². The maximum absolute atomic E-state index is 12.5. The van der Waals surface area contributed by atoms with Gasteiger partial charge in [-0.1, -0.05) is 30.3 Å². The Kier molecular flexibility index (Phi) is 7.22. The van der Waals surface area contributed by atoms with Crippen LogP contribution in [0.4, 0.5) is 11.4 Å². The quantitative estimate of drug-likeness (QED) is 0.622. The zero-order valence-corrected chi connectivity index (χ0v) is 18.8. The van der Waals surface area contributed by atoms with Crippen molar-refractivity contribution in [1.82, 2.24) is 0 Å². The summed E-state index contributed by atoms with van der Waals surface area (Å²) in [5, 5.41) is 3.06. The molecule has 2 aromatic carbocycles. The minimum Gasteiger partial charge on any atom is -0.364 e. The molecule has 2 aliphatic heterocycles. The lowest BCUT2D eigenvalue weighted by molar-refractivity contribution is -0.914. The number of rotatable bonds is 6. The molecular formula is C25H36N4O2+2. The van der Waals surface area contributed by atoms with Gasteiger partial charge in [-0.25, -0.2) is 0 Å². The van der Waals surface area contributed by atoms with E-state index < -0.39 is 0 Å². The number of piperazine rings is 1. The van der Waals surface area contributed by atoms with Gasteiger partial charge >= 0.3 is 0 Å². The van der Waals surface area contributed by atoms with Gasteiger partial charge in [-0.2, -0.15) is 0 Å². The lowest BCUT2D eigenvalue weighted by Gasteiger charge is -2.33. The maximum Gasteiger partial charge on any atom is 0.279 e. The average molecular weight is 425 g/mol. The fourth-order valence-corrected chi connectivity index (χ4v) is 4.86. The molecule has 0 spiro atoms. The van der Waals surface area contributed by atoms with E-state index in [2.05, 4.69) is 66.5 Å². The van der Waals surface area contributed by atoms with Crippen molar-refractivity contribution in [2.45, 2.75) is 32.6 Å². The third-order valence-electron chi connectivity index (χ3n) is 6.31. The molecule has 0 radical (unpaired) electrons. The molecular weight excluding hydrogens is 388 g/mol. The van der Waals surface area contributed by atoms with Gasteiger partial charge in [-0.3, -0.25) is 4.79 Å². The molecule has 3 N–H and O–H groups in total. The Hall–Kier alpha value is -2.41. The Morgan fingerprint density at radius 2 is 1.61 bits per heavy atom. The second kappa shape index (κ2) is 10.3. The highest BCUT2D eigenvalue weighted by atomic mass is 16.5. The number of benzene rings is 2. The molecule has 2 aromatic rings. The molecule has 4 rings (SSSR count). The van der Waals surface area contributed by atoms with Crippen LogP contribution in [0, 0.1) is 0 Å². The zero-order chi connectivity index (χ0) is 21.6. The van der Waals surface area contributed by atoms with Crippen molar-refractivity contribution < 1.29 is 19.3 Å². The standard InChI is InChI=1S/C25H34N4O2/c1-20-16-28(17-21(2)31-20)19-25(30)26-23-8-10-24(11-9-23)29-14-12-27(13-15-29)18-22-6-4-3-5-7-22/h3-11,20-21H,12-19H2,1-2H3,(H,26,30)/p+2/t20-,21+. The van der Waals surface area contributed by atoms with Gasteiger partial charge in [-0.05, 0) is 38.1 Å². The van der Waals surface area contributed by atoms with Crippen molar-refractivity contribution in [3.8, 4) is 0 Å². The Bertz CT molecular complexity index is 824. The van der Waals surface area contributed by atoms with E-state index in [0.29, 0.717) is 6.54 Å². The smallest absolute Gasteiger partial charge is 0.279 e. The van der Waals surface area contributed by atoms with E-state index in [4.69, 9.17) is 4.74 Å². The summed E-state index contributed by atoms with van der Waals surface area (Å²) in [5.41, 5.74) is 3.52. The SMILES string of the molecule is C[C@@H]1C[NH+](CC(=O)Nc2ccc(N3CC[NH+](Cc4ccccc4)CC3)cc2)C[C@H](C)O1. The van der Waals surface area contributed by atoms with Gasteiger partial charge in [0, 0.05) is 16.9 Å². The molecule has 0 aliphatic carbocycles. The summed E-state index contributed by atoms with van der Waals surface area (Å²) < 4.78 is 5.76. The van der Waals surface area contributed by atoms with Crippen LogP contribution < -0.4 is 20.0 Å². The van der Waals surface area contributed by atoms with E-state index in [1.54, 1.807) is 4.90 Å². The number of carbonyl (C=O) groups excluding carboxylic acids is 1. The first kappa shape index (κ1) is 21.8. The van der Waals surface area contributed by atoms with Gasteiger partial charge in [0.1, 0.15) is 31.8 Å². The van der Waals surface area contributed by atoms with Crippen LogP contribution in [0.1, 0.15) is 19.4 Å². The highest BCUT2D eigenvalue weighted by Gasteiger charge is 2.27. The number of carbonyl (C=O) groups is 1. The maximum atomic E-state index is 12.5. The summed E-state index contributed by atoms with van der Waals surface area (Å²) in [5.74, 6) is 0.0715. The van der Waals surface area contributed by atoms with E-state index in [1.165, 1.54) is 16.2 Å². The Morgan fingerprint density at radius 3 is 2.26 bits per heavy atom. The monoisotopic (exact) mass is 424 g/mol. The molecule has 2 heterocycles. The molecule has 3 atom stereocenters. The number of morpholine rings is 1. The minimum atomic E-state index is 0.0715. The number of hydrogen-bond acceptors (Lipinski definition) is 3. The number of amides is 1. The number of nitrogens with zero attached hydrogens (tertiary/aromatic N) is 1. The predicted octanol–water partition coefficient (Wildman–Crippen LogP) is 0.222. The normalized spacial score (nSPS) is 24.7. The van der Waals surface area contributed by atoms with Crippen LogP contribution in [0.25, 0.3) is 0 Å². The molecule has 0 bridgehead atoms. The van der Waals surface area contributed by atoms with Gasteiger partial charge in [0.25, 0.3) is 5.91 Å². The first-order valence-electron chi connectivity index (χ1n) is 11.6. The Labute approximate surface area is 185 Å². The number of nitrogens with one attached hydrogen (secondary N) is 3. The fraction of sp³-hybridized carbons (Fsp3) is 0.480. The summed E-state index contributed by atoms with van der Waals surface area (Å²) in [7, 11) is 0. The lowest BCUT2D eigenvalue weighted by atomic mass is 10.2. The summed E-state index contributed by atoms with van der Waals surface area (Å²) in [6.45, 7) is 11.9. The highest BCUT2D eigenvalue weighted by molar-refractivity contribution is 5.91. The summed E-state index contributed by atoms with van der Waals surface area (Å²) in [6, 6.07) is 19.1. The van der Waals surface area contributed by atoms with Crippen molar-refractivity contribution in [2.75, 3.05) is 56.0 Å². The van der Waals surface area contributed by atoms with Gasteiger partial charge < -0.3 is 24.8 Å². The van der Waals surface area contributed by atoms with Gasteiger partial charge in [-0.15, -0.1) is 0 Å². The van der Waals surface area contributed by atoms with E-state index in [1.807, 2.05) is 12.1 Å². The summed E-state index contributed by atoms with van der Waals surface area (Å²) in [6.07, 6.45) is 0.418. The fourth-order valence-electron chi connectivity index (χ4n) is 4.86. The lowest BCUT2D eigenvalue weighted by Crippen LogP contribution is -3.16. The first-order chi connectivity index (χ1) is 15.0. The van der Waals surface area contributed by atoms with Crippen molar-refractivity contribution in [3.05, 3.63) is 60.2 Å². The van der Waals surface area contributed by atoms with E-state index in [0.717, 1.165) is 51.5 Å². The molecule has 1 amide bonds. The third-order valence-corrected chi connectivity index (χ3v) is 6.31. The largest absolute Gasteiger partial charge is 0.364 e. The second-order valence-corrected chi connectivity index (χ2v) is 9.09. The van der Waals surface area contributed by atoms with Crippen LogP contribution in [0.3, 0.4) is 0 Å². The predicted molar refractivity (Wildman–Crippen MR) is 124 cm³/mol. The van der Waals surface area contributed by atoms with E-state index in [9.17, 15) is 4.79 Å². The molecule has 6 heteroatoms. The Morgan fingerprint density at radius 1 is 0.968 bits per heavy atom. The van der Waals surface area contributed by atoms with Gasteiger partial charge in [0.15, 0.2) is 6.54 Å². The number of quaternary nitrogens is 2. The van der Waals surface area contributed by atoms with Crippen molar-refractivity contribution in [2.24, 2.45) is 0 Å². The molecule has 2 aliphatic rings. The zero-order valence-electron chi connectivity index (χ0n) is 18.8. The second-order valence-electron chi connectivity index (χ2n) is 9.09.